The predicted molar refractivity (Wildman–Crippen MR) is 68.7 cm³/mol. The van der Waals surface area contributed by atoms with Gasteiger partial charge in [0.25, 0.3) is 0 Å². The summed E-state index contributed by atoms with van der Waals surface area (Å²) < 4.78 is 50.8. The molecule has 1 aliphatic heterocycles. The molecule has 0 fully saturated rings. The maximum absolute atomic E-state index is 13.4. The Bertz CT molecular complexity index is 572. The molecule has 0 aliphatic carbocycles. The molecular weight excluding hydrogens is 272 g/mol. The van der Waals surface area contributed by atoms with Gasteiger partial charge in [0.2, 0.25) is 0 Å². The molecule has 1 unspecified atom stereocenters. The number of halogens is 2. The lowest BCUT2D eigenvalue weighted by atomic mass is 10.0. The molecule has 0 radical (unpaired) electrons. The summed E-state index contributed by atoms with van der Waals surface area (Å²) in [4.78, 5) is -0.0718. The van der Waals surface area contributed by atoms with Crippen LogP contribution in [0.15, 0.2) is 17.0 Å². The maximum atomic E-state index is 13.4. The van der Waals surface area contributed by atoms with Crippen LogP contribution in [0.4, 0.5) is 8.78 Å². The normalized spacial score (nSPS) is 21.7. The molecule has 0 aromatic heterocycles. The average molecular weight is 289 g/mol. The molecule has 1 atom stereocenters. The third-order valence-electron chi connectivity index (χ3n) is 3.31. The highest BCUT2D eigenvalue weighted by Crippen LogP contribution is 2.32. The molecule has 1 aromatic rings. The van der Waals surface area contributed by atoms with Crippen LogP contribution in [0.3, 0.4) is 0 Å². The first kappa shape index (κ1) is 14.4. The first-order chi connectivity index (χ1) is 8.95. The molecule has 6 heteroatoms. The Hall–Kier alpha value is -1.01. The second-order valence-corrected chi connectivity index (χ2v) is 6.85. The van der Waals surface area contributed by atoms with E-state index >= 15 is 0 Å². The summed E-state index contributed by atoms with van der Waals surface area (Å²) in [6, 6.07) is 1.59. The first-order valence-corrected chi connectivity index (χ1v) is 8.06. The van der Waals surface area contributed by atoms with Crippen molar-refractivity contribution in [2.24, 2.45) is 0 Å². The van der Waals surface area contributed by atoms with Crippen LogP contribution in [0.2, 0.25) is 0 Å². The van der Waals surface area contributed by atoms with Crippen LogP contribution in [0, 0.1) is 11.6 Å². The fourth-order valence-electron chi connectivity index (χ4n) is 2.36. The quantitative estimate of drug-likeness (QED) is 0.870. The monoisotopic (exact) mass is 289 g/mol. The molecule has 106 valence electrons. The van der Waals surface area contributed by atoms with Gasteiger partial charge < -0.3 is 5.32 Å². The van der Waals surface area contributed by atoms with Gasteiger partial charge in [-0.2, -0.15) is 0 Å². The van der Waals surface area contributed by atoms with Gasteiger partial charge >= 0.3 is 0 Å². The highest BCUT2D eigenvalue weighted by molar-refractivity contribution is 7.91. The van der Waals surface area contributed by atoms with E-state index in [0.717, 1.165) is 18.6 Å². The van der Waals surface area contributed by atoms with Crippen LogP contribution in [-0.4, -0.2) is 20.7 Å². The van der Waals surface area contributed by atoms with Crippen molar-refractivity contribution in [1.29, 1.82) is 0 Å². The maximum Gasteiger partial charge on any atom is 0.178 e. The van der Waals surface area contributed by atoms with Crippen LogP contribution in [0.1, 0.15) is 37.8 Å². The lowest BCUT2D eigenvalue weighted by molar-refractivity contribution is 0.473. The van der Waals surface area contributed by atoms with Crippen LogP contribution >= 0.6 is 0 Å². The van der Waals surface area contributed by atoms with Crippen LogP contribution in [-0.2, 0) is 9.84 Å². The fourth-order valence-corrected chi connectivity index (χ4v) is 3.97. The van der Waals surface area contributed by atoms with Gasteiger partial charge in [-0.1, -0.05) is 6.92 Å². The van der Waals surface area contributed by atoms with Gasteiger partial charge in [0, 0.05) is 6.04 Å². The van der Waals surface area contributed by atoms with Gasteiger partial charge in [-0.3, -0.25) is 0 Å². The largest absolute Gasteiger partial charge is 0.310 e. The van der Waals surface area contributed by atoms with Gasteiger partial charge in [0.1, 0.15) is 0 Å². The number of fused-ring (bicyclic) bond motifs is 1. The Morgan fingerprint density at radius 2 is 2.00 bits per heavy atom. The molecule has 1 aromatic carbocycles. The first-order valence-electron chi connectivity index (χ1n) is 6.41. The highest BCUT2D eigenvalue weighted by Gasteiger charge is 2.29. The number of sulfone groups is 1. The number of hydrogen-bond donors (Lipinski definition) is 1. The molecule has 0 saturated carbocycles. The van der Waals surface area contributed by atoms with Crippen molar-refractivity contribution in [2.45, 2.75) is 37.1 Å². The molecule has 1 aliphatic rings. The minimum Gasteiger partial charge on any atom is -0.310 e. The lowest BCUT2D eigenvalue weighted by Crippen LogP contribution is -2.22. The zero-order valence-corrected chi connectivity index (χ0v) is 11.6. The summed E-state index contributed by atoms with van der Waals surface area (Å²) in [5.41, 5.74) is 0.352. The Morgan fingerprint density at radius 1 is 1.32 bits per heavy atom. The molecule has 1 N–H and O–H groups in total. The van der Waals surface area contributed by atoms with Crippen molar-refractivity contribution in [1.82, 2.24) is 5.32 Å². The summed E-state index contributed by atoms with van der Waals surface area (Å²) in [6.07, 6.45) is 1.99. The number of nitrogens with one attached hydrogen (secondary N) is 1. The standard InChI is InChI=1S/C13H17F2NO2S/c1-2-5-16-12-4-3-6-19(17,18)13-8-11(15)10(14)7-9(12)13/h7-8,12,16H,2-6H2,1H3. The lowest BCUT2D eigenvalue weighted by Gasteiger charge is -2.18. The molecule has 0 amide bonds. The second-order valence-electron chi connectivity index (χ2n) is 4.77. The van der Waals surface area contributed by atoms with Gasteiger partial charge in [-0.25, -0.2) is 17.2 Å². The fraction of sp³-hybridized carbons (Fsp3) is 0.538. The summed E-state index contributed by atoms with van der Waals surface area (Å²) >= 11 is 0. The number of rotatable bonds is 3. The Balaban J connectivity index is 2.53. The Morgan fingerprint density at radius 3 is 2.68 bits per heavy atom. The van der Waals surface area contributed by atoms with Crippen molar-refractivity contribution in [2.75, 3.05) is 12.3 Å². The van der Waals surface area contributed by atoms with Crippen molar-refractivity contribution in [3.8, 4) is 0 Å². The summed E-state index contributed by atoms with van der Waals surface area (Å²) in [6.45, 7) is 2.70. The van der Waals surface area contributed by atoms with E-state index in [9.17, 15) is 17.2 Å². The van der Waals surface area contributed by atoms with E-state index in [-0.39, 0.29) is 16.7 Å². The molecule has 0 bridgehead atoms. The summed E-state index contributed by atoms with van der Waals surface area (Å²) in [5, 5.41) is 3.20. The highest BCUT2D eigenvalue weighted by atomic mass is 32.2. The zero-order chi connectivity index (χ0) is 14.0. The Labute approximate surface area is 111 Å². The van der Waals surface area contributed by atoms with Gasteiger partial charge in [0.05, 0.1) is 10.6 Å². The average Bonchev–Trinajstić information content (AvgIpc) is 2.46. The van der Waals surface area contributed by atoms with Crippen LogP contribution < -0.4 is 5.32 Å². The molecule has 0 spiro atoms. The molecule has 19 heavy (non-hydrogen) atoms. The number of benzene rings is 1. The van der Waals surface area contributed by atoms with Crippen LogP contribution in [0.5, 0.6) is 0 Å². The Kier molecular flexibility index (Phi) is 4.20. The molecular formula is C13H17F2NO2S. The van der Waals surface area contributed by atoms with Crippen molar-refractivity contribution in [3.63, 3.8) is 0 Å². The van der Waals surface area contributed by atoms with E-state index in [1.807, 2.05) is 6.92 Å². The van der Waals surface area contributed by atoms with Gasteiger partial charge in [-0.15, -0.1) is 0 Å². The van der Waals surface area contributed by atoms with E-state index < -0.39 is 21.5 Å². The van der Waals surface area contributed by atoms with E-state index in [1.54, 1.807) is 0 Å². The molecule has 2 rings (SSSR count). The SMILES string of the molecule is CCCNC1CCCS(=O)(=O)c2cc(F)c(F)cc21. The smallest absolute Gasteiger partial charge is 0.178 e. The zero-order valence-electron chi connectivity index (χ0n) is 10.7. The molecule has 3 nitrogen and oxygen atoms in total. The van der Waals surface area contributed by atoms with Crippen molar-refractivity contribution in [3.05, 3.63) is 29.3 Å². The van der Waals surface area contributed by atoms with E-state index in [2.05, 4.69) is 5.32 Å². The van der Waals surface area contributed by atoms with Gasteiger partial charge in [0.15, 0.2) is 21.5 Å². The topological polar surface area (TPSA) is 46.2 Å². The minimum atomic E-state index is -3.52. The van der Waals surface area contributed by atoms with E-state index in [4.69, 9.17) is 0 Å². The third-order valence-corrected chi connectivity index (χ3v) is 5.16. The van der Waals surface area contributed by atoms with E-state index in [0.29, 0.717) is 24.9 Å². The van der Waals surface area contributed by atoms with E-state index in [1.165, 1.54) is 0 Å². The van der Waals surface area contributed by atoms with Crippen molar-refractivity contribution >= 4 is 9.84 Å². The van der Waals surface area contributed by atoms with Crippen LogP contribution in [0.25, 0.3) is 0 Å². The second kappa shape index (κ2) is 5.54. The summed E-state index contributed by atoms with van der Waals surface area (Å²) in [5.74, 6) is -2.13. The van der Waals surface area contributed by atoms with Crippen molar-refractivity contribution < 1.29 is 17.2 Å². The number of hydrogen-bond acceptors (Lipinski definition) is 3. The predicted octanol–water partition coefficient (Wildman–Crippen LogP) is 2.57. The molecule has 1 heterocycles. The van der Waals surface area contributed by atoms with Gasteiger partial charge in [-0.05, 0) is 43.5 Å². The molecule has 0 saturated heterocycles. The third kappa shape index (κ3) is 2.95. The summed E-state index contributed by atoms with van der Waals surface area (Å²) in [7, 11) is -3.52. The minimum absolute atomic E-state index is 0.0185.